The maximum absolute atomic E-state index is 13.1. The Labute approximate surface area is 256 Å². The number of hydrogen-bond donors (Lipinski definition) is 2. The summed E-state index contributed by atoms with van der Waals surface area (Å²) in [5, 5.41) is 12.7. The van der Waals surface area contributed by atoms with Crippen LogP contribution in [-0.2, 0) is 20.8 Å². The van der Waals surface area contributed by atoms with Crippen molar-refractivity contribution in [3.05, 3.63) is 95.1 Å². The average molecular weight is 631 g/mol. The first-order valence-electron chi connectivity index (χ1n) is 14.8. The predicted octanol–water partition coefficient (Wildman–Crippen LogP) is 5.75. The van der Waals surface area contributed by atoms with Gasteiger partial charge >= 0.3 is 6.18 Å². The molecule has 236 valence electrons. The summed E-state index contributed by atoms with van der Waals surface area (Å²) < 4.78 is 69.5. The highest BCUT2D eigenvalue weighted by Gasteiger charge is 2.35. The second-order valence-corrected chi connectivity index (χ2v) is 13.8. The number of hydrogen-bond acceptors (Lipinski definition) is 6. The highest BCUT2D eigenvalue weighted by Crippen LogP contribution is 2.38. The fourth-order valence-electron chi connectivity index (χ4n) is 5.59. The van der Waals surface area contributed by atoms with Gasteiger partial charge in [-0.15, -0.1) is 0 Å². The molecular weight excluding hydrogens is 593 g/mol. The molecule has 1 heterocycles. The van der Waals surface area contributed by atoms with Crippen LogP contribution in [0, 0.1) is 5.92 Å². The molecule has 5 rings (SSSR count). The van der Waals surface area contributed by atoms with E-state index in [4.69, 9.17) is 4.74 Å². The SMILES string of the molecule is CCS(=O)(=O)c1ccc([C@H](CO)NC(=O)c2ccc(N3CC(c4ccc(C(F)(F)F)cc4)C[C@H]3COCC3CC3)cc2)cc1. The Morgan fingerprint density at radius 3 is 2.23 bits per heavy atom. The van der Waals surface area contributed by atoms with E-state index in [1.807, 2.05) is 12.1 Å². The molecule has 1 unspecified atom stereocenters. The topological polar surface area (TPSA) is 95.9 Å². The molecule has 11 heteroatoms. The zero-order chi connectivity index (χ0) is 31.5. The highest BCUT2D eigenvalue weighted by molar-refractivity contribution is 7.91. The maximum atomic E-state index is 13.1. The Balaban J connectivity index is 1.27. The second-order valence-electron chi connectivity index (χ2n) is 11.6. The summed E-state index contributed by atoms with van der Waals surface area (Å²) in [5.41, 5.74) is 2.02. The number of alkyl halides is 3. The molecule has 1 saturated carbocycles. The molecule has 1 aliphatic heterocycles. The van der Waals surface area contributed by atoms with Gasteiger partial charge < -0.3 is 20.1 Å². The number of rotatable bonds is 12. The Morgan fingerprint density at radius 2 is 1.66 bits per heavy atom. The van der Waals surface area contributed by atoms with Crippen LogP contribution in [0.1, 0.15) is 65.2 Å². The molecule has 3 atom stereocenters. The van der Waals surface area contributed by atoms with Crippen molar-refractivity contribution in [3.63, 3.8) is 0 Å². The van der Waals surface area contributed by atoms with Gasteiger partial charge in [-0.25, -0.2) is 8.42 Å². The molecule has 44 heavy (non-hydrogen) atoms. The summed E-state index contributed by atoms with van der Waals surface area (Å²) in [6.45, 7) is 3.01. The number of carbonyl (C=O) groups is 1. The standard InChI is InChI=1S/C33H37F3N2O5S/c1-2-44(41,42)30-15-9-24(10-16-30)31(19-39)37-32(40)25-7-13-28(14-8-25)38-18-26(17-29(38)21-43-20-22-3-4-22)23-5-11-27(12-6-23)33(34,35)36/h5-16,22,26,29,31,39H,2-4,17-21H2,1H3,(H,37,40)/t26?,29-,31-/m0/s1. The summed E-state index contributed by atoms with van der Waals surface area (Å²) in [4.78, 5) is 15.4. The maximum Gasteiger partial charge on any atom is 0.416 e. The third kappa shape index (κ3) is 7.62. The summed E-state index contributed by atoms with van der Waals surface area (Å²) in [7, 11) is -3.36. The molecule has 0 radical (unpaired) electrons. The minimum absolute atomic E-state index is 0.0239. The lowest BCUT2D eigenvalue weighted by Gasteiger charge is -2.27. The first-order chi connectivity index (χ1) is 21.0. The number of nitrogens with zero attached hydrogens (tertiary/aromatic N) is 1. The van der Waals surface area contributed by atoms with Crippen LogP contribution in [0.4, 0.5) is 18.9 Å². The fourth-order valence-corrected chi connectivity index (χ4v) is 6.47. The van der Waals surface area contributed by atoms with Crippen LogP contribution in [0.15, 0.2) is 77.7 Å². The van der Waals surface area contributed by atoms with Gasteiger partial charge in [-0.05, 0) is 84.8 Å². The van der Waals surface area contributed by atoms with Crippen LogP contribution in [0.5, 0.6) is 0 Å². The first-order valence-corrected chi connectivity index (χ1v) is 16.5. The predicted molar refractivity (Wildman–Crippen MR) is 161 cm³/mol. The number of aliphatic hydroxyl groups is 1. The average Bonchev–Trinajstić information content (AvgIpc) is 3.76. The van der Waals surface area contributed by atoms with Crippen LogP contribution in [0.3, 0.4) is 0 Å². The largest absolute Gasteiger partial charge is 0.416 e. The zero-order valence-electron chi connectivity index (χ0n) is 24.5. The molecular formula is C33H37F3N2O5S. The van der Waals surface area contributed by atoms with Crippen LogP contribution in [0.25, 0.3) is 0 Å². The molecule has 0 spiro atoms. The number of amides is 1. The number of anilines is 1. The Kier molecular flexibility index (Phi) is 9.67. The number of halogens is 3. The minimum Gasteiger partial charge on any atom is -0.394 e. The van der Waals surface area contributed by atoms with Crippen molar-refractivity contribution in [3.8, 4) is 0 Å². The lowest BCUT2D eigenvalue weighted by Crippen LogP contribution is -2.33. The van der Waals surface area contributed by atoms with Gasteiger partial charge in [0.1, 0.15) is 0 Å². The van der Waals surface area contributed by atoms with E-state index in [-0.39, 0.29) is 29.2 Å². The zero-order valence-corrected chi connectivity index (χ0v) is 25.3. The molecule has 2 aliphatic rings. The summed E-state index contributed by atoms with van der Waals surface area (Å²) in [5.74, 6) is 0.218. The lowest BCUT2D eigenvalue weighted by molar-refractivity contribution is -0.137. The van der Waals surface area contributed by atoms with Crippen molar-refractivity contribution < 1.29 is 36.2 Å². The van der Waals surface area contributed by atoms with Crippen molar-refractivity contribution in [1.82, 2.24) is 5.32 Å². The van der Waals surface area contributed by atoms with Crippen molar-refractivity contribution in [2.24, 2.45) is 5.92 Å². The number of sulfone groups is 1. The van der Waals surface area contributed by atoms with Crippen molar-refractivity contribution in [2.75, 3.05) is 37.0 Å². The van der Waals surface area contributed by atoms with Gasteiger partial charge in [0, 0.05) is 30.3 Å². The number of nitrogens with one attached hydrogen (secondary N) is 1. The normalized spacial score (nSPS) is 19.6. The second kappa shape index (κ2) is 13.3. The molecule has 1 aliphatic carbocycles. The van der Waals surface area contributed by atoms with E-state index in [1.54, 1.807) is 43.3 Å². The van der Waals surface area contributed by atoms with E-state index < -0.39 is 33.5 Å². The van der Waals surface area contributed by atoms with Gasteiger partial charge in [-0.2, -0.15) is 13.2 Å². The monoisotopic (exact) mass is 630 g/mol. The third-order valence-corrected chi connectivity index (χ3v) is 10.2. The van der Waals surface area contributed by atoms with Crippen LogP contribution in [-0.4, -0.2) is 57.6 Å². The van der Waals surface area contributed by atoms with Crippen LogP contribution < -0.4 is 10.2 Å². The van der Waals surface area contributed by atoms with Gasteiger partial charge in [0.25, 0.3) is 5.91 Å². The number of ether oxygens (including phenoxy) is 1. The molecule has 2 fully saturated rings. The van der Waals surface area contributed by atoms with Crippen molar-refractivity contribution in [1.29, 1.82) is 0 Å². The van der Waals surface area contributed by atoms with Crippen molar-refractivity contribution in [2.45, 2.75) is 55.3 Å². The lowest BCUT2D eigenvalue weighted by atomic mass is 9.95. The van der Waals surface area contributed by atoms with Crippen LogP contribution in [0.2, 0.25) is 0 Å². The van der Waals surface area contributed by atoms with E-state index in [1.165, 1.54) is 25.0 Å². The smallest absolute Gasteiger partial charge is 0.394 e. The Bertz CT molecular complexity index is 1520. The van der Waals surface area contributed by atoms with E-state index >= 15 is 0 Å². The molecule has 3 aromatic rings. The summed E-state index contributed by atoms with van der Waals surface area (Å²) in [6, 6.07) is 17.9. The Morgan fingerprint density at radius 1 is 1.00 bits per heavy atom. The van der Waals surface area contributed by atoms with E-state index in [0.717, 1.165) is 29.8 Å². The quantitative estimate of drug-likeness (QED) is 0.265. The van der Waals surface area contributed by atoms with Crippen LogP contribution >= 0.6 is 0 Å². The molecule has 2 N–H and O–H groups in total. The molecule has 7 nitrogen and oxygen atoms in total. The van der Waals surface area contributed by atoms with Gasteiger partial charge in [0.05, 0.1) is 41.5 Å². The number of aliphatic hydroxyl groups excluding tert-OH is 1. The summed E-state index contributed by atoms with van der Waals surface area (Å²) >= 11 is 0. The molecule has 1 saturated heterocycles. The van der Waals surface area contributed by atoms with E-state index in [2.05, 4.69) is 10.2 Å². The molecule has 1 amide bonds. The fraction of sp³-hybridized carbons (Fsp3) is 0.424. The third-order valence-electron chi connectivity index (χ3n) is 8.46. The first kappa shape index (κ1) is 32.0. The molecule has 0 aromatic heterocycles. The minimum atomic E-state index is -4.38. The number of benzene rings is 3. The van der Waals surface area contributed by atoms with Gasteiger partial charge in [0.2, 0.25) is 0 Å². The van der Waals surface area contributed by atoms with Crippen molar-refractivity contribution >= 4 is 21.4 Å². The van der Waals surface area contributed by atoms with Gasteiger partial charge in [-0.3, -0.25) is 4.79 Å². The van der Waals surface area contributed by atoms with E-state index in [9.17, 15) is 31.5 Å². The Hall–Kier alpha value is -3.41. The van der Waals surface area contributed by atoms with Gasteiger partial charge in [-0.1, -0.05) is 31.2 Å². The molecule has 3 aromatic carbocycles. The summed E-state index contributed by atoms with van der Waals surface area (Å²) in [6.07, 6.45) is -1.30. The van der Waals surface area contributed by atoms with Gasteiger partial charge in [0.15, 0.2) is 9.84 Å². The highest BCUT2D eigenvalue weighted by atomic mass is 32.2. The van der Waals surface area contributed by atoms with E-state index in [0.29, 0.717) is 36.8 Å². The molecule has 0 bridgehead atoms. The number of carbonyl (C=O) groups excluding carboxylic acids is 1.